The van der Waals surface area contributed by atoms with E-state index in [2.05, 4.69) is 15.3 Å². The van der Waals surface area contributed by atoms with Crippen LogP contribution in [0.3, 0.4) is 0 Å². The van der Waals surface area contributed by atoms with Gasteiger partial charge < -0.3 is 5.32 Å². The normalized spacial score (nSPS) is 15.6. The van der Waals surface area contributed by atoms with Crippen LogP contribution in [0.1, 0.15) is 19.3 Å². The maximum absolute atomic E-state index is 10.7. The summed E-state index contributed by atoms with van der Waals surface area (Å²) >= 11 is 5.60. The van der Waals surface area contributed by atoms with Crippen molar-refractivity contribution in [2.75, 3.05) is 11.9 Å². The summed E-state index contributed by atoms with van der Waals surface area (Å²) in [5, 5.41) is 13.7. The van der Waals surface area contributed by atoms with E-state index in [1.54, 1.807) is 0 Å². The third-order valence-electron chi connectivity index (χ3n) is 2.72. The third-order valence-corrected chi connectivity index (χ3v) is 2.90. The zero-order valence-corrected chi connectivity index (χ0v) is 9.28. The summed E-state index contributed by atoms with van der Waals surface area (Å²) in [5.41, 5.74) is -0.135. The summed E-state index contributed by atoms with van der Waals surface area (Å²) in [7, 11) is 0. The second-order valence-electron chi connectivity index (χ2n) is 3.81. The maximum atomic E-state index is 10.7. The van der Waals surface area contributed by atoms with Gasteiger partial charge >= 0.3 is 5.69 Å². The summed E-state index contributed by atoms with van der Waals surface area (Å²) < 4.78 is 0. The van der Waals surface area contributed by atoms with Crippen molar-refractivity contribution in [3.8, 4) is 0 Å². The van der Waals surface area contributed by atoms with E-state index in [-0.39, 0.29) is 16.8 Å². The Morgan fingerprint density at radius 2 is 2.38 bits per heavy atom. The molecule has 1 aromatic rings. The summed E-state index contributed by atoms with van der Waals surface area (Å²) in [4.78, 5) is 17.6. The van der Waals surface area contributed by atoms with Crippen LogP contribution in [-0.2, 0) is 0 Å². The molecular formula is C9H11ClN4O2. The van der Waals surface area contributed by atoms with Crippen LogP contribution in [0.5, 0.6) is 0 Å². The topological polar surface area (TPSA) is 81.0 Å². The molecule has 16 heavy (non-hydrogen) atoms. The van der Waals surface area contributed by atoms with Gasteiger partial charge in [0.15, 0.2) is 0 Å². The molecular weight excluding hydrogens is 232 g/mol. The lowest BCUT2D eigenvalue weighted by Gasteiger charge is -2.25. The van der Waals surface area contributed by atoms with Crippen molar-refractivity contribution >= 4 is 23.1 Å². The SMILES string of the molecule is O=[N+]([O-])c1cnc(Cl)nc1NCC1CCC1. The van der Waals surface area contributed by atoms with Crippen molar-refractivity contribution in [3.63, 3.8) is 0 Å². The van der Waals surface area contributed by atoms with Gasteiger partial charge in [0, 0.05) is 6.54 Å². The molecule has 7 heteroatoms. The fourth-order valence-electron chi connectivity index (χ4n) is 1.56. The van der Waals surface area contributed by atoms with Gasteiger partial charge in [-0.05, 0) is 30.4 Å². The summed E-state index contributed by atoms with van der Waals surface area (Å²) in [6.07, 6.45) is 4.69. The van der Waals surface area contributed by atoms with Gasteiger partial charge in [-0.15, -0.1) is 0 Å². The molecule has 0 spiro atoms. The van der Waals surface area contributed by atoms with Gasteiger partial charge in [0.05, 0.1) is 4.92 Å². The van der Waals surface area contributed by atoms with Gasteiger partial charge in [-0.2, -0.15) is 4.98 Å². The number of nitro groups is 1. The molecule has 1 heterocycles. The number of hydrogen-bond acceptors (Lipinski definition) is 5. The van der Waals surface area contributed by atoms with E-state index in [4.69, 9.17) is 11.6 Å². The first-order valence-electron chi connectivity index (χ1n) is 5.07. The minimum absolute atomic E-state index is 0.0155. The predicted molar refractivity (Wildman–Crippen MR) is 59.5 cm³/mol. The first-order valence-corrected chi connectivity index (χ1v) is 5.45. The van der Waals surface area contributed by atoms with E-state index >= 15 is 0 Å². The van der Waals surface area contributed by atoms with Gasteiger partial charge in [-0.25, -0.2) is 4.98 Å². The second-order valence-corrected chi connectivity index (χ2v) is 4.15. The van der Waals surface area contributed by atoms with Gasteiger partial charge in [0.25, 0.3) is 0 Å². The highest BCUT2D eigenvalue weighted by molar-refractivity contribution is 6.28. The second kappa shape index (κ2) is 4.61. The van der Waals surface area contributed by atoms with E-state index < -0.39 is 4.92 Å². The lowest BCUT2D eigenvalue weighted by molar-refractivity contribution is -0.384. The zero-order valence-electron chi connectivity index (χ0n) is 8.52. The van der Waals surface area contributed by atoms with Crippen LogP contribution in [0.15, 0.2) is 6.20 Å². The first kappa shape index (κ1) is 11.1. The molecule has 0 unspecified atom stereocenters. The van der Waals surface area contributed by atoms with Gasteiger partial charge in [-0.3, -0.25) is 10.1 Å². The van der Waals surface area contributed by atoms with Gasteiger partial charge in [0.2, 0.25) is 11.1 Å². The average molecular weight is 243 g/mol. The molecule has 0 amide bonds. The molecule has 1 fully saturated rings. The number of nitrogens with one attached hydrogen (secondary N) is 1. The van der Waals surface area contributed by atoms with E-state index in [0.29, 0.717) is 12.5 Å². The lowest BCUT2D eigenvalue weighted by Crippen LogP contribution is -2.21. The van der Waals surface area contributed by atoms with Gasteiger partial charge in [0.1, 0.15) is 6.20 Å². The highest BCUT2D eigenvalue weighted by Crippen LogP contribution is 2.28. The molecule has 0 aliphatic heterocycles. The van der Waals surface area contributed by atoms with Crippen LogP contribution < -0.4 is 5.32 Å². The monoisotopic (exact) mass is 242 g/mol. The lowest BCUT2D eigenvalue weighted by atomic mass is 9.85. The Bertz CT molecular complexity index is 408. The minimum Gasteiger partial charge on any atom is -0.364 e. The van der Waals surface area contributed by atoms with E-state index in [1.165, 1.54) is 19.3 Å². The van der Waals surface area contributed by atoms with Crippen molar-refractivity contribution in [2.45, 2.75) is 19.3 Å². The maximum Gasteiger partial charge on any atom is 0.329 e. The predicted octanol–water partition coefficient (Wildman–Crippen LogP) is 2.25. The van der Waals surface area contributed by atoms with Crippen LogP contribution in [0.2, 0.25) is 5.28 Å². The molecule has 0 saturated heterocycles. The summed E-state index contributed by atoms with van der Waals surface area (Å²) in [5.74, 6) is 0.797. The standard InChI is InChI=1S/C9H11ClN4O2/c10-9-12-5-7(14(15)16)8(13-9)11-4-6-2-1-3-6/h5-6H,1-4H2,(H,11,12,13). The molecule has 0 radical (unpaired) electrons. The number of aromatic nitrogens is 2. The molecule has 1 aliphatic carbocycles. The molecule has 1 aromatic heterocycles. The molecule has 0 aromatic carbocycles. The van der Waals surface area contributed by atoms with Crippen LogP contribution in [0.25, 0.3) is 0 Å². The largest absolute Gasteiger partial charge is 0.364 e. The van der Waals surface area contributed by atoms with E-state index in [9.17, 15) is 10.1 Å². The Morgan fingerprint density at radius 1 is 1.62 bits per heavy atom. The quantitative estimate of drug-likeness (QED) is 0.498. The number of halogens is 1. The van der Waals surface area contributed by atoms with Crippen LogP contribution in [0.4, 0.5) is 11.5 Å². The Morgan fingerprint density at radius 3 is 2.94 bits per heavy atom. The van der Waals surface area contributed by atoms with E-state index in [0.717, 1.165) is 6.20 Å². The first-order chi connectivity index (χ1) is 7.66. The smallest absolute Gasteiger partial charge is 0.329 e. The molecule has 6 nitrogen and oxygen atoms in total. The Balaban J connectivity index is 2.09. The fraction of sp³-hybridized carbons (Fsp3) is 0.556. The molecule has 0 bridgehead atoms. The van der Waals surface area contributed by atoms with Crippen LogP contribution in [0, 0.1) is 16.0 Å². The Labute approximate surface area is 97.2 Å². The average Bonchev–Trinajstić information content (AvgIpc) is 2.14. The molecule has 1 aliphatic rings. The summed E-state index contributed by atoms with van der Waals surface area (Å²) in [6, 6.07) is 0. The Kier molecular flexibility index (Phi) is 3.19. The van der Waals surface area contributed by atoms with Crippen LogP contribution in [-0.4, -0.2) is 21.4 Å². The van der Waals surface area contributed by atoms with Crippen LogP contribution >= 0.6 is 11.6 Å². The minimum atomic E-state index is -0.514. The van der Waals surface area contributed by atoms with Gasteiger partial charge in [-0.1, -0.05) is 6.42 Å². The van der Waals surface area contributed by atoms with Crippen molar-refractivity contribution in [1.29, 1.82) is 0 Å². The molecule has 1 saturated carbocycles. The molecule has 2 rings (SSSR count). The number of rotatable bonds is 4. The van der Waals surface area contributed by atoms with Crippen molar-refractivity contribution in [1.82, 2.24) is 9.97 Å². The fourth-order valence-corrected chi connectivity index (χ4v) is 1.69. The highest BCUT2D eigenvalue weighted by Gasteiger charge is 2.21. The zero-order chi connectivity index (χ0) is 11.5. The number of hydrogen-bond donors (Lipinski definition) is 1. The highest BCUT2D eigenvalue weighted by atomic mass is 35.5. The molecule has 0 atom stereocenters. The van der Waals surface area contributed by atoms with Crippen molar-refractivity contribution in [2.24, 2.45) is 5.92 Å². The molecule has 86 valence electrons. The summed E-state index contributed by atoms with van der Waals surface area (Å²) in [6.45, 7) is 0.703. The Hall–Kier alpha value is -1.43. The molecule has 1 N–H and O–H groups in total. The van der Waals surface area contributed by atoms with Crippen molar-refractivity contribution in [3.05, 3.63) is 21.6 Å². The van der Waals surface area contributed by atoms with Crippen molar-refractivity contribution < 1.29 is 4.92 Å². The number of anilines is 1. The third kappa shape index (κ3) is 2.38. The number of nitrogens with zero attached hydrogens (tertiary/aromatic N) is 3. The van der Waals surface area contributed by atoms with E-state index in [1.807, 2.05) is 0 Å².